The molecule has 0 bridgehead atoms. The van der Waals surface area contributed by atoms with Gasteiger partial charge in [-0.15, -0.1) is 0 Å². The molecule has 1 atom stereocenters. The smallest absolute Gasteiger partial charge is 0.130 e. The zero-order chi connectivity index (χ0) is 26.3. The van der Waals surface area contributed by atoms with Gasteiger partial charge in [0.15, 0.2) is 0 Å². The van der Waals surface area contributed by atoms with Gasteiger partial charge in [-0.2, -0.15) is 0 Å². The molecule has 0 spiro atoms. The Morgan fingerprint density at radius 2 is 1.34 bits per heavy atom. The van der Waals surface area contributed by atoms with Crippen molar-refractivity contribution in [2.75, 3.05) is 27.9 Å². The van der Waals surface area contributed by atoms with Crippen molar-refractivity contribution in [3.63, 3.8) is 0 Å². The van der Waals surface area contributed by atoms with Crippen LogP contribution in [0, 0.1) is 0 Å². The molecule has 5 rings (SSSR count). The van der Waals surface area contributed by atoms with Crippen LogP contribution in [0.3, 0.4) is 0 Å². The lowest BCUT2D eigenvalue weighted by Gasteiger charge is -2.34. The molecule has 4 aromatic carbocycles. The Morgan fingerprint density at radius 1 is 0.737 bits per heavy atom. The summed E-state index contributed by atoms with van der Waals surface area (Å²) in [6, 6.07) is 31.9. The Morgan fingerprint density at radius 3 is 2.00 bits per heavy atom. The number of hydrogen-bond donors (Lipinski definition) is 0. The first-order valence-corrected chi connectivity index (χ1v) is 13.0. The highest BCUT2D eigenvalue weighted by molar-refractivity contribution is 5.70. The summed E-state index contributed by atoms with van der Waals surface area (Å²) >= 11 is 0. The summed E-state index contributed by atoms with van der Waals surface area (Å²) in [6.07, 6.45) is 0.867. The van der Waals surface area contributed by atoms with E-state index >= 15 is 0 Å². The molecular weight excluding hydrogens is 474 g/mol. The molecule has 0 N–H and O–H groups in total. The lowest BCUT2D eigenvalue weighted by Crippen LogP contribution is -2.40. The summed E-state index contributed by atoms with van der Waals surface area (Å²) in [7, 11) is 5.04. The van der Waals surface area contributed by atoms with E-state index in [1.165, 1.54) is 27.8 Å². The number of fused-ring (bicyclic) bond motifs is 3. The highest BCUT2D eigenvalue weighted by Gasteiger charge is 2.26. The highest BCUT2D eigenvalue weighted by Crippen LogP contribution is 2.37. The molecule has 196 valence electrons. The van der Waals surface area contributed by atoms with E-state index in [1.54, 1.807) is 21.3 Å². The van der Waals surface area contributed by atoms with Crippen LogP contribution in [-0.4, -0.2) is 38.9 Å². The van der Waals surface area contributed by atoms with Gasteiger partial charge in [0.05, 0.1) is 40.1 Å². The molecule has 0 fully saturated rings. The first kappa shape index (κ1) is 25.8. The average Bonchev–Trinajstić information content (AvgIpc) is 2.97. The van der Waals surface area contributed by atoms with Crippen LogP contribution in [0.1, 0.15) is 22.3 Å². The summed E-state index contributed by atoms with van der Waals surface area (Å²) in [5.74, 6) is 2.20. The number of methoxy groups -OCH3 is 3. The summed E-state index contributed by atoms with van der Waals surface area (Å²) < 4.78 is 23.6. The Labute approximate surface area is 225 Å². The van der Waals surface area contributed by atoms with E-state index in [0.717, 1.165) is 30.0 Å². The van der Waals surface area contributed by atoms with Gasteiger partial charge in [0.25, 0.3) is 0 Å². The Bertz CT molecular complexity index is 1330. The molecule has 1 aliphatic rings. The predicted molar refractivity (Wildman–Crippen MR) is 151 cm³/mol. The van der Waals surface area contributed by atoms with Crippen molar-refractivity contribution in [1.29, 1.82) is 0 Å². The normalized spacial score (nSPS) is 15.7. The Kier molecular flexibility index (Phi) is 8.27. The molecule has 0 aliphatic carbocycles. The zero-order valence-electron chi connectivity index (χ0n) is 22.4. The van der Waals surface area contributed by atoms with Crippen molar-refractivity contribution in [2.24, 2.45) is 0 Å². The molecule has 4 aromatic rings. The topological polar surface area (TPSA) is 40.2 Å². The van der Waals surface area contributed by atoms with E-state index < -0.39 is 0 Å². The molecule has 0 radical (unpaired) electrons. The molecule has 1 unspecified atom stereocenters. The fourth-order valence-electron chi connectivity index (χ4n) is 5.28. The van der Waals surface area contributed by atoms with Gasteiger partial charge in [0.2, 0.25) is 0 Å². The standard InChI is InChI=1S/C33H35NO4/c1-35-28-18-32(36-2)31(33(19-28)37-3)21-34-20-25-13-7-9-15-29(25)30-16-10-8-14-26(30)22-38-23-27(34)17-24-11-5-4-6-12-24/h4-16,18-19,27H,17,20-23H2,1-3H3. The number of ether oxygens (including phenoxy) is 4. The van der Waals surface area contributed by atoms with Gasteiger partial charge in [-0.05, 0) is 34.2 Å². The molecule has 0 saturated heterocycles. The van der Waals surface area contributed by atoms with E-state index in [-0.39, 0.29) is 6.04 Å². The molecule has 1 heterocycles. The first-order chi connectivity index (χ1) is 18.7. The van der Waals surface area contributed by atoms with Crippen LogP contribution in [0.25, 0.3) is 11.1 Å². The van der Waals surface area contributed by atoms with Gasteiger partial charge in [0.1, 0.15) is 17.2 Å². The fourth-order valence-corrected chi connectivity index (χ4v) is 5.28. The van der Waals surface area contributed by atoms with Gasteiger partial charge >= 0.3 is 0 Å². The molecule has 0 amide bonds. The first-order valence-electron chi connectivity index (χ1n) is 13.0. The lowest BCUT2D eigenvalue weighted by molar-refractivity contribution is 0.0417. The van der Waals surface area contributed by atoms with Crippen molar-refractivity contribution in [3.05, 3.63) is 113 Å². The van der Waals surface area contributed by atoms with Gasteiger partial charge in [-0.3, -0.25) is 4.90 Å². The van der Waals surface area contributed by atoms with E-state index in [0.29, 0.717) is 25.5 Å². The summed E-state index contributed by atoms with van der Waals surface area (Å²) in [6.45, 7) is 2.56. The van der Waals surface area contributed by atoms with Gasteiger partial charge in [0, 0.05) is 31.3 Å². The van der Waals surface area contributed by atoms with E-state index in [9.17, 15) is 0 Å². The third-order valence-electron chi connectivity index (χ3n) is 7.27. The Balaban J connectivity index is 1.60. The molecule has 5 nitrogen and oxygen atoms in total. The fraction of sp³-hybridized carbons (Fsp3) is 0.273. The third kappa shape index (κ3) is 5.69. The maximum atomic E-state index is 6.43. The second-order valence-electron chi connectivity index (χ2n) is 9.59. The van der Waals surface area contributed by atoms with E-state index in [1.807, 2.05) is 12.1 Å². The van der Waals surface area contributed by atoms with E-state index in [4.69, 9.17) is 18.9 Å². The number of benzene rings is 4. The molecule has 38 heavy (non-hydrogen) atoms. The van der Waals surface area contributed by atoms with Crippen LogP contribution in [0.15, 0.2) is 91.0 Å². The van der Waals surface area contributed by atoms with Crippen molar-refractivity contribution < 1.29 is 18.9 Å². The van der Waals surface area contributed by atoms with Crippen molar-refractivity contribution >= 4 is 0 Å². The van der Waals surface area contributed by atoms with E-state index in [2.05, 4.69) is 83.8 Å². The SMILES string of the molecule is COc1cc(OC)c(CN2Cc3ccccc3-c3ccccc3COCC2Cc2ccccc2)c(OC)c1. The van der Waals surface area contributed by atoms with Crippen LogP contribution >= 0.6 is 0 Å². The average molecular weight is 510 g/mol. The number of rotatable bonds is 7. The molecule has 0 aromatic heterocycles. The minimum Gasteiger partial charge on any atom is -0.496 e. The predicted octanol–water partition coefficient (Wildman–Crippen LogP) is 6.52. The molecule has 1 aliphatic heterocycles. The molecule has 5 heteroatoms. The summed E-state index contributed by atoms with van der Waals surface area (Å²) in [5.41, 5.74) is 7.24. The van der Waals surface area contributed by atoms with Gasteiger partial charge in [-0.25, -0.2) is 0 Å². The van der Waals surface area contributed by atoms with Crippen LogP contribution in [0.5, 0.6) is 17.2 Å². The van der Waals surface area contributed by atoms with Crippen molar-refractivity contribution in [3.8, 4) is 28.4 Å². The summed E-state index contributed by atoms with van der Waals surface area (Å²) in [5, 5.41) is 0. The van der Waals surface area contributed by atoms with Crippen LogP contribution < -0.4 is 14.2 Å². The third-order valence-corrected chi connectivity index (χ3v) is 7.27. The second kappa shape index (κ2) is 12.2. The minimum absolute atomic E-state index is 0.132. The maximum Gasteiger partial charge on any atom is 0.130 e. The molecule has 0 saturated carbocycles. The largest absolute Gasteiger partial charge is 0.496 e. The second-order valence-corrected chi connectivity index (χ2v) is 9.59. The minimum atomic E-state index is 0.132. The number of nitrogens with zero attached hydrogens (tertiary/aromatic N) is 1. The van der Waals surface area contributed by atoms with Gasteiger partial charge < -0.3 is 18.9 Å². The van der Waals surface area contributed by atoms with Crippen LogP contribution in [0.4, 0.5) is 0 Å². The highest BCUT2D eigenvalue weighted by atomic mass is 16.5. The monoisotopic (exact) mass is 509 g/mol. The zero-order valence-corrected chi connectivity index (χ0v) is 22.4. The van der Waals surface area contributed by atoms with Crippen LogP contribution in [-0.2, 0) is 30.9 Å². The summed E-state index contributed by atoms with van der Waals surface area (Å²) in [4.78, 5) is 2.49. The maximum absolute atomic E-state index is 6.43. The quantitative estimate of drug-likeness (QED) is 0.284. The Hall–Kier alpha value is -3.80. The van der Waals surface area contributed by atoms with Crippen molar-refractivity contribution in [2.45, 2.75) is 32.2 Å². The lowest BCUT2D eigenvalue weighted by atomic mass is 9.94. The number of hydrogen-bond acceptors (Lipinski definition) is 5. The van der Waals surface area contributed by atoms with Crippen LogP contribution in [0.2, 0.25) is 0 Å². The molecular formula is C33H35NO4. The van der Waals surface area contributed by atoms with Crippen molar-refractivity contribution in [1.82, 2.24) is 4.90 Å². The van der Waals surface area contributed by atoms with Gasteiger partial charge in [-0.1, -0.05) is 78.9 Å².